The molecule has 0 atom stereocenters. The van der Waals surface area contributed by atoms with Crippen LogP contribution >= 0.6 is 0 Å². The summed E-state index contributed by atoms with van der Waals surface area (Å²) in [7, 11) is 0. The molecular weight excluding hydrogens is 320 g/mol. The van der Waals surface area contributed by atoms with Crippen LogP contribution in [0.3, 0.4) is 0 Å². The lowest BCUT2D eigenvalue weighted by Crippen LogP contribution is -2.49. The highest BCUT2D eigenvalue weighted by Crippen LogP contribution is 2.10. The number of nitrogens with zero attached hydrogens (tertiary/aromatic N) is 4. The standard InChI is InChI=1S/C18H24N4O3/c23-14-12-22-17(6-7-19-22)18(24)21-10-8-20(9-11-21)13-15-25-16-4-2-1-3-5-16/h1-7,23H,8-15H2. The minimum Gasteiger partial charge on any atom is -0.492 e. The molecule has 1 aliphatic heterocycles. The first kappa shape index (κ1) is 17.4. The number of hydrogen-bond acceptors (Lipinski definition) is 5. The second-order valence-electron chi connectivity index (χ2n) is 5.96. The molecule has 2 aromatic rings. The summed E-state index contributed by atoms with van der Waals surface area (Å²) < 4.78 is 7.29. The van der Waals surface area contributed by atoms with Gasteiger partial charge in [-0.2, -0.15) is 5.10 Å². The average Bonchev–Trinajstić information content (AvgIpc) is 3.11. The molecule has 7 heteroatoms. The molecule has 1 N–H and O–H groups in total. The predicted molar refractivity (Wildman–Crippen MR) is 93.6 cm³/mol. The van der Waals surface area contributed by atoms with E-state index in [2.05, 4.69) is 10.00 Å². The zero-order chi connectivity index (χ0) is 17.5. The molecule has 0 saturated carbocycles. The third kappa shape index (κ3) is 4.58. The zero-order valence-electron chi connectivity index (χ0n) is 14.3. The SMILES string of the molecule is O=C(c1ccnn1CCO)N1CCN(CCOc2ccccc2)CC1. The number of piperazine rings is 1. The van der Waals surface area contributed by atoms with E-state index in [4.69, 9.17) is 9.84 Å². The van der Waals surface area contributed by atoms with Crippen molar-refractivity contribution in [2.75, 3.05) is 45.9 Å². The highest BCUT2D eigenvalue weighted by atomic mass is 16.5. The lowest BCUT2D eigenvalue weighted by Gasteiger charge is -2.34. The molecule has 1 aromatic heterocycles. The molecule has 7 nitrogen and oxygen atoms in total. The molecule has 0 radical (unpaired) electrons. The lowest BCUT2D eigenvalue weighted by molar-refractivity contribution is 0.0607. The monoisotopic (exact) mass is 344 g/mol. The molecule has 0 unspecified atom stereocenters. The number of carbonyl (C=O) groups is 1. The van der Waals surface area contributed by atoms with E-state index in [0.29, 0.717) is 31.9 Å². The summed E-state index contributed by atoms with van der Waals surface area (Å²) in [5, 5.41) is 13.1. The van der Waals surface area contributed by atoms with E-state index in [1.54, 1.807) is 16.9 Å². The Labute approximate surface area is 147 Å². The molecule has 134 valence electrons. The number of ether oxygens (including phenoxy) is 1. The van der Waals surface area contributed by atoms with Crippen LogP contribution in [0, 0.1) is 0 Å². The first-order chi connectivity index (χ1) is 12.3. The van der Waals surface area contributed by atoms with Crippen molar-refractivity contribution < 1.29 is 14.6 Å². The van der Waals surface area contributed by atoms with Gasteiger partial charge >= 0.3 is 0 Å². The summed E-state index contributed by atoms with van der Waals surface area (Å²) in [6.07, 6.45) is 1.60. The number of amides is 1. The highest BCUT2D eigenvalue weighted by Gasteiger charge is 2.24. The lowest BCUT2D eigenvalue weighted by atomic mass is 10.2. The topological polar surface area (TPSA) is 70.8 Å². The number of aliphatic hydroxyl groups is 1. The number of carbonyl (C=O) groups excluding carboxylic acids is 1. The van der Waals surface area contributed by atoms with E-state index in [9.17, 15) is 4.79 Å². The predicted octanol–water partition coefficient (Wildman–Crippen LogP) is 0.712. The number of para-hydroxylation sites is 1. The van der Waals surface area contributed by atoms with Crippen molar-refractivity contribution in [2.45, 2.75) is 6.54 Å². The Morgan fingerprint density at radius 1 is 1.08 bits per heavy atom. The molecule has 1 aromatic carbocycles. The molecule has 0 spiro atoms. The third-order valence-corrected chi connectivity index (χ3v) is 4.33. The molecule has 1 saturated heterocycles. The van der Waals surface area contributed by atoms with Gasteiger partial charge in [0.15, 0.2) is 0 Å². The van der Waals surface area contributed by atoms with Crippen molar-refractivity contribution >= 4 is 5.91 Å². The minimum atomic E-state index is -0.0306. The van der Waals surface area contributed by atoms with Gasteiger partial charge in [0.05, 0.1) is 13.2 Å². The fourth-order valence-corrected chi connectivity index (χ4v) is 2.93. The van der Waals surface area contributed by atoms with Crippen molar-refractivity contribution in [3.05, 3.63) is 48.3 Å². The second-order valence-corrected chi connectivity index (χ2v) is 5.96. The van der Waals surface area contributed by atoms with Crippen LogP contribution in [0.2, 0.25) is 0 Å². The van der Waals surface area contributed by atoms with E-state index in [0.717, 1.165) is 25.4 Å². The van der Waals surface area contributed by atoms with Gasteiger partial charge in [-0.15, -0.1) is 0 Å². The molecule has 1 amide bonds. The van der Waals surface area contributed by atoms with Crippen LogP contribution in [0.15, 0.2) is 42.6 Å². The Hall–Kier alpha value is -2.38. The number of aliphatic hydroxyl groups excluding tert-OH is 1. The number of aromatic nitrogens is 2. The summed E-state index contributed by atoms with van der Waals surface area (Å²) in [6.45, 7) is 4.83. The summed E-state index contributed by atoms with van der Waals surface area (Å²) in [4.78, 5) is 16.8. The van der Waals surface area contributed by atoms with Gasteiger partial charge in [-0.1, -0.05) is 18.2 Å². The first-order valence-electron chi connectivity index (χ1n) is 8.60. The van der Waals surface area contributed by atoms with E-state index >= 15 is 0 Å². The quantitative estimate of drug-likeness (QED) is 0.801. The van der Waals surface area contributed by atoms with Gasteiger partial charge in [0, 0.05) is 38.9 Å². The van der Waals surface area contributed by atoms with E-state index in [-0.39, 0.29) is 12.5 Å². The Morgan fingerprint density at radius 3 is 2.56 bits per heavy atom. The fraction of sp³-hybridized carbons (Fsp3) is 0.444. The fourth-order valence-electron chi connectivity index (χ4n) is 2.93. The van der Waals surface area contributed by atoms with Crippen LogP contribution in [-0.2, 0) is 6.54 Å². The van der Waals surface area contributed by atoms with Crippen molar-refractivity contribution in [1.82, 2.24) is 19.6 Å². The minimum absolute atomic E-state index is 0.0221. The van der Waals surface area contributed by atoms with Gasteiger partial charge in [-0.05, 0) is 18.2 Å². The van der Waals surface area contributed by atoms with E-state index in [1.807, 2.05) is 35.2 Å². The molecule has 0 aliphatic carbocycles. The van der Waals surface area contributed by atoms with Crippen LogP contribution in [0.1, 0.15) is 10.5 Å². The Balaban J connectivity index is 1.43. The molecule has 25 heavy (non-hydrogen) atoms. The zero-order valence-corrected chi connectivity index (χ0v) is 14.3. The van der Waals surface area contributed by atoms with Crippen molar-refractivity contribution in [1.29, 1.82) is 0 Å². The summed E-state index contributed by atoms with van der Waals surface area (Å²) >= 11 is 0. The van der Waals surface area contributed by atoms with Gasteiger partial charge in [0.1, 0.15) is 18.1 Å². The van der Waals surface area contributed by atoms with Gasteiger partial charge in [0.2, 0.25) is 0 Å². The average molecular weight is 344 g/mol. The normalized spacial score (nSPS) is 15.3. The van der Waals surface area contributed by atoms with Gasteiger partial charge in [0.25, 0.3) is 5.91 Å². The van der Waals surface area contributed by atoms with Crippen molar-refractivity contribution in [2.24, 2.45) is 0 Å². The second kappa shape index (κ2) is 8.64. The number of hydrogen-bond donors (Lipinski definition) is 1. The van der Waals surface area contributed by atoms with Crippen molar-refractivity contribution in [3.63, 3.8) is 0 Å². The highest BCUT2D eigenvalue weighted by molar-refractivity contribution is 5.92. The van der Waals surface area contributed by atoms with Gasteiger partial charge in [-0.3, -0.25) is 14.4 Å². The Kier molecular flexibility index (Phi) is 6.03. The molecule has 1 aliphatic rings. The largest absolute Gasteiger partial charge is 0.492 e. The maximum absolute atomic E-state index is 12.6. The Morgan fingerprint density at radius 2 is 1.84 bits per heavy atom. The smallest absolute Gasteiger partial charge is 0.272 e. The maximum atomic E-state index is 12.6. The first-order valence-corrected chi connectivity index (χ1v) is 8.60. The van der Waals surface area contributed by atoms with Gasteiger partial charge in [-0.25, -0.2) is 0 Å². The summed E-state index contributed by atoms with van der Waals surface area (Å²) in [6, 6.07) is 11.5. The van der Waals surface area contributed by atoms with Crippen LogP contribution in [0.5, 0.6) is 5.75 Å². The van der Waals surface area contributed by atoms with Crippen molar-refractivity contribution in [3.8, 4) is 5.75 Å². The third-order valence-electron chi connectivity index (χ3n) is 4.33. The van der Waals surface area contributed by atoms with Crippen LogP contribution in [-0.4, -0.2) is 76.5 Å². The number of rotatable bonds is 7. The van der Waals surface area contributed by atoms with Crippen LogP contribution in [0.25, 0.3) is 0 Å². The Bertz CT molecular complexity index is 666. The molecule has 2 heterocycles. The molecule has 0 bridgehead atoms. The summed E-state index contributed by atoms with van der Waals surface area (Å²) in [5.74, 6) is 0.861. The summed E-state index contributed by atoms with van der Waals surface area (Å²) in [5.41, 5.74) is 0.537. The van der Waals surface area contributed by atoms with Gasteiger partial charge < -0.3 is 14.7 Å². The molecule has 3 rings (SSSR count). The maximum Gasteiger partial charge on any atom is 0.272 e. The van der Waals surface area contributed by atoms with E-state index < -0.39 is 0 Å². The number of benzene rings is 1. The van der Waals surface area contributed by atoms with Crippen LogP contribution < -0.4 is 4.74 Å². The van der Waals surface area contributed by atoms with E-state index in [1.165, 1.54) is 0 Å². The van der Waals surface area contributed by atoms with Crippen LogP contribution in [0.4, 0.5) is 0 Å². The molecule has 1 fully saturated rings. The molecular formula is C18H24N4O3.